The van der Waals surface area contributed by atoms with E-state index in [1.807, 2.05) is 31.2 Å². The van der Waals surface area contributed by atoms with Crippen LogP contribution in [0.1, 0.15) is 24.1 Å². The van der Waals surface area contributed by atoms with Crippen molar-refractivity contribution in [2.45, 2.75) is 27.0 Å². The molecule has 2 heterocycles. The van der Waals surface area contributed by atoms with Crippen molar-refractivity contribution in [2.24, 2.45) is 0 Å². The quantitative estimate of drug-likeness (QED) is 0.851. The Balaban J connectivity index is 1.86. The third-order valence-corrected chi connectivity index (χ3v) is 2.53. The standard InChI is InChI=1S/C14H18N2O2/c1-3-15-8-13-6-7-14(18-13)10-17-12-5-4-11(2)16-9-12/h4-7,9,15H,3,8,10H2,1-2H3. The second-order valence-corrected chi connectivity index (χ2v) is 4.07. The van der Waals surface area contributed by atoms with Gasteiger partial charge in [-0.25, -0.2) is 0 Å². The van der Waals surface area contributed by atoms with Crippen molar-refractivity contribution in [1.29, 1.82) is 0 Å². The molecule has 0 atom stereocenters. The molecule has 18 heavy (non-hydrogen) atoms. The van der Waals surface area contributed by atoms with Gasteiger partial charge < -0.3 is 14.5 Å². The van der Waals surface area contributed by atoms with Gasteiger partial charge in [-0.1, -0.05) is 6.92 Å². The van der Waals surface area contributed by atoms with Gasteiger partial charge in [0.15, 0.2) is 0 Å². The molecular formula is C14H18N2O2. The van der Waals surface area contributed by atoms with Gasteiger partial charge in [0.25, 0.3) is 0 Å². The minimum absolute atomic E-state index is 0.427. The van der Waals surface area contributed by atoms with Crippen LogP contribution in [0.4, 0.5) is 0 Å². The topological polar surface area (TPSA) is 47.3 Å². The molecule has 0 radical (unpaired) electrons. The maximum absolute atomic E-state index is 5.62. The lowest BCUT2D eigenvalue weighted by Crippen LogP contribution is -2.10. The second kappa shape index (κ2) is 6.21. The van der Waals surface area contributed by atoms with Crippen LogP contribution in [0.3, 0.4) is 0 Å². The zero-order valence-electron chi connectivity index (χ0n) is 10.8. The molecule has 2 aromatic rings. The molecule has 0 unspecified atom stereocenters. The highest BCUT2D eigenvalue weighted by Gasteiger charge is 2.02. The molecule has 0 aromatic carbocycles. The summed E-state index contributed by atoms with van der Waals surface area (Å²) in [4.78, 5) is 4.17. The Morgan fingerprint density at radius 2 is 2.06 bits per heavy atom. The number of hydrogen-bond donors (Lipinski definition) is 1. The van der Waals surface area contributed by atoms with Crippen LogP contribution in [0, 0.1) is 6.92 Å². The Bertz CT molecular complexity index is 477. The summed E-state index contributed by atoms with van der Waals surface area (Å²) < 4.78 is 11.2. The summed E-state index contributed by atoms with van der Waals surface area (Å²) in [5.74, 6) is 2.51. The number of aromatic nitrogens is 1. The maximum atomic E-state index is 5.62. The van der Waals surface area contributed by atoms with E-state index in [0.717, 1.165) is 36.1 Å². The number of nitrogens with zero attached hydrogens (tertiary/aromatic N) is 1. The Morgan fingerprint density at radius 3 is 2.78 bits per heavy atom. The second-order valence-electron chi connectivity index (χ2n) is 4.07. The molecule has 0 bridgehead atoms. The van der Waals surface area contributed by atoms with Gasteiger partial charge in [-0.15, -0.1) is 0 Å². The summed E-state index contributed by atoms with van der Waals surface area (Å²) in [6.45, 7) is 6.13. The Labute approximate surface area is 107 Å². The third kappa shape index (κ3) is 3.60. The van der Waals surface area contributed by atoms with Gasteiger partial charge >= 0.3 is 0 Å². The Kier molecular flexibility index (Phi) is 4.36. The fourth-order valence-electron chi connectivity index (χ4n) is 1.54. The summed E-state index contributed by atoms with van der Waals surface area (Å²) in [6, 6.07) is 7.74. The van der Waals surface area contributed by atoms with Crippen LogP contribution in [0.25, 0.3) is 0 Å². The highest BCUT2D eigenvalue weighted by molar-refractivity contribution is 5.19. The first-order valence-electron chi connectivity index (χ1n) is 6.11. The minimum Gasteiger partial charge on any atom is -0.484 e. The fraction of sp³-hybridized carbons (Fsp3) is 0.357. The molecule has 2 rings (SSSR count). The normalized spacial score (nSPS) is 10.6. The molecule has 4 nitrogen and oxygen atoms in total. The SMILES string of the molecule is CCNCc1ccc(COc2ccc(C)nc2)o1. The van der Waals surface area contributed by atoms with Gasteiger partial charge in [0.2, 0.25) is 0 Å². The molecule has 96 valence electrons. The van der Waals surface area contributed by atoms with Crippen molar-refractivity contribution in [3.8, 4) is 5.75 Å². The first kappa shape index (κ1) is 12.6. The van der Waals surface area contributed by atoms with Gasteiger partial charge in [-0.05, 0) is 37.7 Å². The van der Waals surface area contributed by atoms with E-state index in [1.54, 1.807) is 6.20 Å². The number of rotatable bonds is 6. The van der Waals surface area contributed by atoms with Gasteiger partial charge in [-0.2, -0.15) is 0 Å². The first-order valence-corrected chi connectivity index (χ1v) is 6.11. The van der Waals surface area contributed by atoms with Gasteiger partial charge in [-0.3, -0.25) is 4.98 Å². The number of ether oxygens (including phenoxy) is 1. The molecule has 0 amide bonds. The average molecular weight is 246 g/mol. The van der Waals surface area contributed by atoms with E-state index in [2.05, 4.69) is 17.2 Å². The fourth-order valence-corrected chi connectivity index (χ4v) is 1.54. The van der Waals surface area contributed by atoms with Crippen LogP contribution in [0.15, 0.2) is 34.9 Å². The van der Waals surface area contributed by atoms with Crippen molar-refractivity contribution in [1.82, 2.24) is 10.3 Å². The van der Waals surface area contributed by atoms with Crippen molar-refractivity contribution in [2.75, 3.05) is 6.54 Å². The van der Waals surface area contributed by atoms with Crippen molar-refractivity contribution >= 4 is 0 Å². The third-order valence-electron chi connectivity index (χ3n) is 2.53. The lowest BCUT2D eigenvalue weighted by Gasteiger charge is -2.03. The summed E-state index contributed by atoms with van der Waals surface area (Å²) in [7, 11) is 0. The van der Waals surface area contributed by atoms with E-state index in [-0.39, 0.29) is 0 Å². The number of furan rings is 1. The predicted octanol–water partition coefficient (Wildman–Crippen LogP) is 2.67. The summed E-state index contributed by atoms with van der Waals surface area (Å²) in [6.07, 6.45) is 1.72. The van der Waals surface area contributed by atoms with E-state index in [9.17, 15) is 0 Å². The smallest absolute Gasteiger partial charge is 0.146 e. The largest absolute Gasteiger partial charge is 0.484 e. The van der Waals surface area contributed by atoms with E-state index < -0.39 is 0 Å². The molecule has 1 N–H and O–H groups in total. The number of hydrogen-bond acceptors (Lipinski definition) is 4. The van der Waals surface area contributed by atoms with E-state index in [4.69, 9.17) is 9.15 Å². The van der Waals surface area contributed by atoms with Crippen LogP contribution >= 0.6 is 0 Å². The number of nitrogens with one attached hydrogen (secondary N) is 1. The minimum atomic E-state index is 0.427. The number of aryl methyl sites for hydroxylation is 1. The van der Waals surface area contributed by atoms with Crippen LogP contribution < -0.4 is 10.1 Å². The van der Waals surface area contributed by atoms with Crippen LogP contribution in [0.2, 0.25) is 0 Å². The summed E-state index contributed by atoms with van der Waals surface area (Å²) in [5, 5.41) is 3.21. The van der Waals surface area contributed by atoms with Crippen molar-refractivity contribution < 1.29 is 9.15 Å². The zero-order valence-corrected chi connectivity index (χ0v) is 10.8. The first-order chi connectivity index (χ1) is 8.78. The maximum Gasteiger partial charge on any atom is 0.146 e. The number of pyridine rings is 1. The molecule has 0 aliphatic rings. The van der Waals surface area contributed by atoms with E-state index in [0.29, 0.717) is 6.61 Å². The molecule has 0 aliphatic heterocycles. The van der Waals surface area contributed by atoms with E-state index >= 15 is 0 Å². The highest BCUT2D eigenvalue weighted by atomic mass is 16.5. The van der Waals surface area contributed by atoms with Gasteiger partial charge in [0.05, 0.1) is 12.7 Å². The molecule has 0 aliphatic carbocycles. The Morgan fingerprint density at radius 1 is 1.22 bits per heavy atom. The monoisotopic (exact) mass is 246 g/mol. The zero-order chi connectivity index (χ0) is 12.8. The van der Waals surface area contributed by atoms with Crippen LogP contribution in [-0.2, 0) is 13.2 Å². The Hall–Kier alpha value is -1.81. The molecule has 0 saturated heterocycles. The molecule has 0 spiro atoms. The molecule has 4 heteroatoms. The summed E-state index contributed by atoms with van der Waals surface area (Å²) in [5.41, 5.74) is 0.980. The molecular weight excluding hydrogens is 228 g/mol. The lowest BCUT2D eigenvalue weighted by atomic mass is 10.4. The average Bonchev–Trinajstić information content (AvgIpc) is 2.84. The lowest BCUT2D eigenvalue weighted by molar-refractivity contribution is 0.264. The molecule has 2 aromatic heterocycles. The predicted molar refractivity (Wildman–Crippen MR) is 69.4 cm³/mol. The van der Waals surface area contributed by atoms with Crippen LogP contribution in [-0.4, -0.2) is 11.5 Å². The van der Waals surface area contributed by atoms with Crippen LogP contribution in [0.5, 0.6) is 5.75 Å². The molecule has 0 fully saturated rings. The van der Waals surface area contributed by atoms with Crippen molar-refractivity contribution in [3.63, 3.8) is 0 Å². The van der Waals surface area contributed by atoms with Gasteiger partial charge in [0.1, 0.15) is 23.9 Å². The van der Waals surface area contributed by atoms with Gasteiger partial charge in [0, 0.05) is 5.69 Å². The highest BCUT2D eigenvalue weighted by Crippen LogP contribution is 2.13. The van der Waals surface area contributed by atoms with Crippen molar-refractivity contribution in [3.05, 3.63) is 47.7 Å². The van der Waals surface area contributed by atoms with E-state index in [1.165, 1.54) is 0 Å². The summed E-state index contributed by atoms with van der Waals surface area (Å²) >= 11 is 0. The molecule has 0 saturated carbocycles.